The Morgan fingerprint density at radius 2 is 1.71 bits per heavy atom. The average Bonchev–Trinajstić information content (AvgIpc) is 3.15. The van der Waals surface area contributed by atoms with E-state index >= 15 is 4.79 Å². The molecule has 4 bridgehead atoms. The molecular weight excluding hydrogens is 624 g/mol. The number of ketones is 2. The van der Waals surface area contributed by atoms with E-state index in [0.717, 1.165) is 12.0 Å². The molecule has 0 amide bonds. The third-order valence-electron chi connectivity index (χ3n) is 11.4. The van der Waals surface area contributed by atoms with Crippen LogP contribution in [-0.2, 0) is 25.5 Å². The number of phenolic OH excluding ortho intramolecular Hbond substituents is 1. The monoisotopic (exact) mass is 674 g/mol. The summed E-state index contributed by atoms with van der Waals surface area (Å²) in [5.74, 6) is -3.36. The summed E-state index contributed by atoms with van der Waals surface area (Å²) in [5, 5.41) is 21.7. The number of benzene rings is 1. The summed E-state index contributed by atoms with van der Waals surface area (Å²) in [7, 11) is 0. The number of rotatable bonds is 10. The second-order valence-electron chi connectivity index (χ2n) is 15.7. The van der Waals surface area contributed by atoms with Gasteiger partial charge in [0.05, 0.1) is 23.2 Å². The van der Waals surface area contributed by atoms with Gasteiger partial charge in [-0.05, 0) is 100 Å². The fourth-order valence-corrected chi connectivity index (χ4v) is 9.14. The molecule has 1 saturated heterocycles. The van der Waals surface area contributed by atoms with Crippen LogP contribution in [0, 0.1) is 17.8 Å². The Labute approximate surface area is 289 Å². The normalized spacial score (nSPS) is 33.2. The van der Waals surface area contributed by atoms with Crippen LogP contribution in [0.25, 0.3) is 6.08 Å². The Bertz CT molecular complexity index is 1740. The summed E-state index contributed by atoms with van der Waals surface area (Å²) in [4.78, 5) is 41.9. The predicted octanol–water partition coefficient (Wildman–Crippen LogP) is 7.33. The van der Waals surface area contributed by atoms with Gasteiger partial charge in [-0.2, -0.15) is 0 Å². The molecule has 3 aliphatic carbocycles. The van der Waals surface area contributed by atoms with Gasteiger partial charge in [0.1, 0.15) is 28.4 Å². The Kier molecular flexibility index (Phi) is 8.59. The van der Waals surface area contributed by atoms with Crippen molar-refractivity contribution >= 4 is 23.6 Å². The van der Waals surface area contributed by atoms with Crippen molar-refractivity contribution in [2.45, 2.75) is 123 Å². The first-order chi connectivity index (χ1) is 22.9. The summed E-state index contributed by atoms with van der Waals surface area (Å²) >= 11 is 0. The van der Waals surface area contributed by atoms with Gasteiger partial charge < -0.3 is 29.2 Å². The number of hydrogen-bond donors (Lipinski definition) is 2. The lowest BCUT2D eigenvalue weighted by molar-refractivity contribution is -0.226. The number of carbonyl (C=O) groups excluding carboxylic acids is 2. The Morgan fingerprint density at radius 1 is 1.02 bits per heavy atom. The predicted molar refractivity (Wildman–Crippen MR) is 185 cm³/mol. The Morgan fingerprint density at radius 3 is 2.35 bits per heavy atom. The molecule has 3 heterocycles. The first kappa shape index (κ1) is 35.1. The molecule has 7 atom stereocenters. The summed E-state index contributed by atoms with van der Waals surface area (Å²) in [6.45, 7) is 17.5. The summed E-state index contributed by atoms with van der Waals surface area (Å²) in [5.41, 5.74) is -1.37. The molecule has 9 heteroatoms. The van der Waals surface area contributed by atoms with Crippen LogP contribution in [0.3, 0.4) is 0 Å². The number of aromatic hydroxyl groups is 1. The largest absolute Gasteiger partial charge is 0.506 e. The molecule has 0 radical (unpaired) electrons. The average molecular weight is 675 g/mol. The minimum Gasteiger partial charge on any atom is -0.506 e. The molecule has 1 aromatic rings. The molecule has 264 valence electrons. The first-order valence-electron chi connectivity index (χ1n) is 17.5. The van der Waals surface area contributed by atoms with Crippen LogP contribution in [0.15, 0.2) is 41.0 Å². The van der Waals surface area contributed by atoms with Gasteiger partial charge in [-0.3, -0.25) is 9.59 Å². The highest BCUT2D eigenvalue weighted by molar-refractivity contribution is 6.10. The van der Waals surface area contributed by atoms with Gasteiger partial charge >= 0.3 is 5.97 Å². The molecule has 49 heavy (non-hydrogen) atoms. The highest BCUT2D eigenvalue weighted by Crippen LogP contribution is 2.70. The van der Waals surface area contributed by atoms with Gasteiger partial charge in [-0.25, -0.2) is 4.79 Å². The minimum atomic E-state index is -1.66. The van der Waals surface area contributed by atoms with Gasteiger partial charge in [-0.15, -0.1) is 0 Å². The SMILES string of the molecule is CCOC1C2CC3C(C)(C)OC(CC=C(C)C(=O)O)(C2=O)C32Oc3c(CC=C(C)C)c4c(c(O)c3C(=O)C12)C=CC(C)(CCC=C(C)C)O4. The maximum Gasteiger partial charge on any atom is 0.330 e. The number of ether oxygens (including phenoxy) is 4. The minimum absolute atomic E-state index is 0.0576. The van der Waals surface area contributed by atoms with Crippen LogP contribution >= 0.6 is 0 Å². The molecule has 0 aromatic heterocycles. The molecule has 7 rings (SSSR count). The third kappa shape index (κ3) is 5.13. The Balaban J connectivity index is 1.62. The van der Waals surface area contributed by atoms with Crippen LogP contribution in [-0.4, -0.2) is 62.9 Å². The van der Waals surface area contributed by atoms with E-state index in [9.17, 15) is 19.8 Å². The van der Waals surface area contributed by atoms with Crippen molar-refractivity contribution in [3.8, 4) is 17.2 Å². The highest BCUT2D eigenvalue weighted by Gasteiger charge is 2.85. The lowest BCUT2D eigenvalue weighted by Gasteiger charge is -2.62. The third-order valence-corrected chi connectivity index (χ3v) is 11.4. The molecule has 1 aromatic carbocycles. The summed E-state index contributed by atoms with van der Waals surface area (Å²) in [6, 6.07) is 0. The van der Waals surface area contributed by atoms with E-state index in [1.807, 2.05) is 59.8 Å². The van der Waals surface area contributed by atoms with Crippen molar-refractivity contribution in [3.05, 3.63) is 57.7 Å². The smallest absolute Gasteiger partial charge is 0.330 e. The van der Waals surface area contributed by atoms with Crippen molar-refractivity contribution < 1.29 is 43.5 Å². The van der Waals surface area contributed by atoms with E-state index in [4.69, 9.17) is 18.9 Å². The fourth-order valence-electron chi connectivity index (χ4n) is 9.14. The lowest BCUT2D eigenvalue weighted by atomic mass is 9.45. The van der Waals surface area contributed by atoms with E-state index in [2.05, 4.69) is 19.9 Å². The maximum absolute atomic E-state index is 15.2. The van der Waals surface area contributed by atoms with Gasteiger partial charge in [0.25, 0.3) is 0 Å². The lowest BCUT2D eigenvalue weighted by Crippen LogP contribution is -2.80. The number of allylic oxidation sites excluding steroid dienone is 4. The van der Waals surface area contributed by atoms with Crippen LogP contribution in [0.1, 0.15) is 109 Å². The van der Waals surface area contributed by atoms with Crippen molar-refractivity contribution in [1.29, 1.82) is 0 Å². The number of fused-ring (bicyclic) bond motifs is 2. The molecule has 3 saturated carbocycles. The molecular formula is C40H50O9. The second-order valence-corrected chi connectivity index (χ2v) is 15.7. The number of phenols is 1. The van der Waals surface area contributed by atoms with E-state index < -0.39 is 52.2 Å². The molecule has 4 fully saturated rings. The number of carbonyl (C=O) groups is 3. The first-order valence-corrected chi connectivity index (χ1v) is 17.5. The van der Waals surface area contributed by atoms with Gasteiger partial charge in [0.15, 0.2) is 22.8 Å². The molecule has 3 aliphatic heterocycles. The van der Waals surface area contributed by atoms with Gasteiger partial charge in [0.2, 0.25) is 0 Å². The molecule has 9 nitrogen and oxygen atoms in total. The van der Waals surface area contributed by atoms with Gasteiger partial charge in [-0.1, -0.05) is 29.4 Å². The number of carboxylic acids is 1. The van der Waals surface area contributed by atoms with Crippen LogP contribution in [0.2, 0.25) is 0 Å². The van der Waals surface area contributed by atoms with Crippen molar-refractivity contribution in [2.24, 2.45) is 17.8 Å². The molecule has 7 unspecified atom stereocenters. The quantitative estimate of drug-likeness (QED) is 0.194. The number of hydrogen-bond acceptors (Lipinski definition) is 8. The van der Waals surface area contributed by atoms with Crippen molar-refractivity contribution in [3.63, 3.8) is 0 Å². The van der Waals surface area contributed by atoms with Crippen LogP contribution < -0.4 is 9.47 Å². The summed E-state index contributed by atoms with van der Waals surface area (Å²) in [6.07, 6.45) is 10.8. The van der Waals surface area contributed by atoms with E-state index in [1.165, 1.54) is 18.6 Å². The van der Waals surface area contributed by atoms with E-state index in [0.29, 0.717) is 36.1 Å². The zero-order valence-corrected chi connectivity index (χ0v) is 30.2. The molecule has 6 aliphatic rings. The van der Waals surface area contributed by atoms with Crippen LogP contribution in [0.5, 0.6) is 17.2 Å². The number of aliphatic carboxylic acids is 1. The standard InChI is InChI=1S/C40H50O9/c1-10-46-34-26-20-27-37(7,8)49-39(35(26)43,19-15-23(6)36(44)45)40(27)29(34)31(42)28-30(41)24-16-18-38(9,17-11-12-21(2)3)47-32(24)25(33(28)48-40)14-13-22(4)5/h12-13,15-16,18,26-27,29,34,41H,10-11,14,17,19-20H2,1-9H3,(H,44,45). The fraction of sp³-hybridized carbons (Fsp3) is 0.575. The number of Topliss-reactive ketones (excluding diaryl/α,β-unsaturated/α-hetero) is 2. The molecule has 1 spiro atoms. The van der Waals surface area contributed by atoms with E-state index in [-0.39, 0.29) is 47.2 Å². The summed E-state index contributed by atoms with van der Waals surface area (Å²) < 4.78 is 27.2. The second kappa shape index (κ2) is 12.0. The van der Waals surface area contributed by atoms with Gasteiger partial charge in [0, 0.05) is 36.0 Å². The highest BCUT2D eigenvalue weighted by atomic mass is 16.6. The van der Waals surface area contributed by atoms with Crippen molar-refractivity contribution in [2.75, 3.05) is 6.61 Å². The van der Waals surface area contributed by atoms with Crippen molar-refractivity contribution in [1.82, 2.24) is 0 Å². The number of carboxylic acid groups (broad SMARTS) is 1. The topological polar surface area (TPSA) is 129 Å². The zero-order chi connectivity index (χ0) is 35.8. The van der Waals surface area contributed by atoms with Crippen LogP contribution in [0.4, 0.5) is 0 Å². The van der Waals surface area contributed by atoms with E-state index in [1.54, 1.807) is 0 Å². The maximum atomic E-state index is 15.2. The zero-order valence-electron chi connectivity index (χ0n) is 30.2. The Hall–Kier alpha value is -3.69. The molecule has 2 N–H and O–H groups in total.